The minimum atomic E-state index is -0.686. The number of ether oxygens (including phenoxy) is 1. The summed E-state index contributed by atoms with van der Waals surface area (Å²) < 4.78 is 5.56. The van der Waals surface area contributed by atoms with E-state index in [1.807, 2.05) is 64.1 Å². The van der Waals surface area contributed by atoms with Crippen LogP contribution in [0.5, 0.6) is 5.75 Å². The fourth-order valence-corrected chi connectivity index (χ4v) is 3.32. The zero-order valence-electron chi connectivity index (χ0n) is 16.5. The van der Waals surface area contributed by atoms with Crippen molar-refractivity contribution >= 4 is 5.97 Å². The molecule has 0 aliphatic carbocycles. The van der Waals surface area contributed by atoms with Gasteiger partial charge in [-0.2, -0.15) is 0 Å². The van der Waals surface area contributed by atoms with Crippen LogP contribution in [0, 0.1) is 27.7 Å². The maximum Gasteiger partial charge on any atom is 0.343 e. The minimum absolute atomic E-state index is 0.393. The number of carbonyl (C=O) groups is 1. The average molecular weight is 376 g/mol. The second kappa shape index (κ2) is 8.38. The summed E-state index contributed by atoms with van der Waals surface area (Å²) in [6, 6.07) is 18.5. The van der Waals surface area contributed by atoms with Crippen molar-refractivity contribution in [2.75, 3.05) is 0 Å². The Balaban J connectivity index is 1.89. The van der Waals surface area contributed by atoms with E-state index in [0.717, 1.165) is 27.8 Å². The summed E-state index contributed by atoms with van der Waals surface area (Å²) in [5.74, 6) is 0.0801. The zero-order valence-corrected chi connectivity index (χ0v) is 16.5. The molecule has 144 valence electrons. The molecule has 4 heteroatoms. The Labute approximate surface area is 165 Å². The van der Waals surface area contributed by atoms with Gasteiger partial charge in [0.25, 0.3) is 0 Å². The number of benzene rings is 3. The first-order valence-electron chi connectivity index (χ1n) is 9.16. The molecule has 0 aliphatic heterocycles. The lowest BCUT2D eigenvalue weighted by Gasteiger charge is -2.18. The third-order valence-electron chi connectivity index (χ3n) is 4.77. The first-order valence-corrected chi connectivity index (χ1v) is 9.16. The molecule has 3 aromatic carbocycles. The highest BCUT2D eigenvalue weighted by atomic mass is 17.1. The van der Waals surface area contributed by atoms with E-state index in [0.29, 0.717) is 16.9 Å². The third-order valence-corrected chi connectivity index (χ3v) is 4.77. The zero-order chi connectivity index (χ0) is 20.3. The van der Waals surface area contributed by atoms with E-state index >= 15 is 0 Å². The van der Waals surface area contributed by atoms with Crippen LogP contribution in [0.15, 0.2) is 60.7 Å². The summed E-state index contributed by atoms with van der Waals surface area (Å²) in [4.78, 5) is 17.4. The quantitative estimate of drug-likeness (QED) is 0.268. The van der Waals surface area contributed by atoms with Gasteiger partial charge in [-0.25, -0.2) is 9.68 Å². The van der Waals surface area contributed by atoms with Crippen LogP contribution in [0.4, 0.5) is 0 Å². The van der Waals surface area contributed by atoms with Crippen molar-refractivity contribution in [2.24, 2.45) is 0 Å². The monoisotopic (exact) mass is 376 g/mol. The first kappa shape index (κ1) is 19.8. The molecule has 4 nitrogen and oxygen atoms in total. The van der Waals surface area contributed by atoms with E-state index in [1.165, 1.54) is 0 Å². The molecule has 0 aliphatic rings. The van der Waals surface area contributed by atoms with Gasteiger partial charge in [0.1, 0.15) is 11.9 Å². The Morgan fingerprint density at radius 2 is 1.54 bits per heavy atom. The van der Waals surface area contributed by atoms with Crippen LogP contribution in [-0.2, 0) is 4.89 Å². The van der Waals surface area contributed by atoms with Gasteiger partial charge in [0, 0.05) is 0 Å². The lowest BCUT2D eigenvalue weighted by Crippen LogP contribution is -2.12. The summed E-state index contributed by atoms with van der Waals surface area (Å²) >= 11 is 0. The molecule has 0 bridgehead atoms. The highest BCUT2D eigenvalue weighted by Crippen LogP contribution is 2.29. The number of carbonyl (C=O) groups excluding carboxylic acids is 1. The molecule has 1 atom stereocenters. The molecular weight excluding hydrogens is 352 g/mol. The molecule has 0 saturated carbocycles. The maximum absolute atomic E-state index is 12.6. The minimum Gasteiger partial charge on any atom is -0.423 e. The van der Waals surface area contributed by atoms with Crippen molar-refractivity contribution in [3.8, 4) is 5.75 Å². The first-order chi connectivity index (χ1) is 13.4. The predicted molar refractivity (Wildman–Crippen MR) is 109 cm³/mol. The van der Waals surface area contributed by atoms with Crippen molar-refractivity contribution in [1.82, 2.24) is 0 Å². The number of rotatable bonds is 5. The van der Waals surface area contributed by atoms with E-state index in [9.17, 15) is 10.1 Å². The standard InChI is InChI=1S/C24H24O4/c1-15-8-10-21(17(3)12-15)23(28-26)19-6-5-7-20(14-19)24(25)27-22-11-9-16(2)13-18(22)4/h5-14,23,26H,1-4H3. The molecule has 28 heavy (non-hydrogen) atoms. The normalized spacial score (nSPS) is 11.9. The Bertz CT molecular complexity index is 1010. The number of hydrogen-bond donors (Lipinski definition) is 1. The molecule has 0 spiro atoms. The Morgan fingerprint density at radius 1 is 0.857 bits per heavy atom. The molecule has 0 amide bonds. The highest BCUT2D eigenvalue weighted by molar-refractivity contribution is 5.91. The molecule has 0 heterocycles. The Kier molecular flexibility index (Phi) is 5.93. The van der Waals surface area contributed by atoms with E-state index in [4.69, 9.17) is 9.62 Å². The summed E-state index contributed by atoms with van der Waals surface area (Å²) in [5, 5.41) is 9.54. The van der Waals surface area contributed by atoms with Crippen molar-refractivity contribution in [3.05, 3.63) is 99.6 Å². The smallest absolute Gasteiger partial charge is 0.343 e. The topological polar surface area (TPSA) is 55.8 Å². The van der Waals surface area contributed by atoms with Crippen LogP contribution >= 0.6 is 0 Å². The summed E-state index contributed by atoms with van der Waals surface area (Å²) in [6.07, 6.45) is -0.686. The van der Waals surface area contributed by atoms with Gasteiger partial charge in [0.15, 0.2) is 0 Å². The molecule has 3 aromatic rings. The summed E-state index contributed by atoms with van der Waals surface area (Å²) in [6.45, 7) is 7.87. The van der Waals surface area contributed by atoms with Crippen molar-refractivity contribution in [3.63, 3.8) is 0 Å². The van der Waals surface area contributed by atoms with Gasteiger partial charge in [-0.1, -0.05) is 53.6 Å². The lowest BCUT2D eigenvalue weighted by molar-refractivity contribution is -0.270. The fourth-order valence-electron chi connectivity index (χ4n) is 3.32. The van der Waals surface area contributed by atoms with Gasteiger partial charge in [-0.15, -0.1) is 0 Å². The van der Waals surface area contributed by atoms with Crippen LogP contribution in [0.25, 0.3) is 0 Å². The average Bonchev–Trinajstić information content (AvgIpc) is 2.66. The second-order valence-electron chi connectivity index (χ2n) is 7.13. The van der Waals surface area contributed by atoms with Gasteiger partial charge in [-0.3, -0.25) is 5.26 Å². The molecule has 1 unspecified atom stereocenters. The van der Waals surface area contributed by atoms with Crippen LogP contribution < -0.4 is 4.74 Å². The molecule has 3 rings (SSSR count). The van der Waals surface area contributed by atoms with Crippen LogP contribution in [0.1, 0.15) is 49.8 Å². The van der Waals surface area contributed by atoms with E-state index < -0.39 is 12.1 Å². The maximum atomic E-state index is 12.6. The summed E-state index contributed by atoms with van der Waals surface area (Å²) in [5.41, 5.74) is 6.04. The number of hydrogen-bond acceptors (Lipinski definition) is 4. The molecule has 0 radical (unpaired) electrons. The molecular formula is C24H24O4. The number of aryl methyl sites for hydroxylation is 4. The van der Waals surface area contributed by atoms with E-state index in [1.54, 1.807) is 24.3 Å². The highest BCUT2D eigenvalue weighted by Gasteiger charge is 2.19. The van der Waals surface area contributed by atoms with Gasteiger partial charge in [0.05, 0.1) is 5.56 Å². The van der Waals surface area contributed by atoms with Crippen LogP contribution in [-0.4, -0.2) is 11.2 Å². The lowest BCUT2D eigenvalue weighted by atomic mass is 9.95. The number of esters is 1. The van der Waals surface area contributed by atoms with Gasteiger partial charge < -0.3 is 4.74 Å². The van der Waals surface area contributed by atoms with E-state index in [-0.39, 0.29) is 0 Å². The van der Waals surface area contributed by atoms with Gasteiger partial charge >= 0.3 is 5.97 Å². The second-order valence-corrected chi connectivity index (χ2v) is 7.13. The van der Waals surface area contributed by atoms with Crippen LogP contribution in [0.3, 0.4) is 0 Å². The molecule has 0 fully saturated rings. The molecule has 0 saturated heterocycles. The largest absolute Gasteiger partial charge is 0.423 e. The van der Waals surface area contributed by atoms with Gasteiger partial charge in [0.2, 0.25) is 0 Å². The van der Waals surface area contributed by atoms with E-state index in [2.05, 4.69) is 0 Å². The fraction of sp³-hybridized carbons (Fsp3) is 0.208. The third kappa shape index (κ3) is 4.30. The predicted octanol–water partition coefficient (Wildman–Crippen LogP) is 5.72. The van der Waals surface area contributed by atoms with Crippen molar-refractivity contribution in [2.45, 2.75) is 33.8 Å². The molecule has 0 aromatic heterocycles. The molecule has 1 N–H and O–H groups in total. The Hall–Kier alpha value is -2.95. The van der Waals surface area contributed by atoms with Crippen LogP contribution in [0.2, 0.25) is 0 Å². The van der Waals surface area contributed by atoms with Crippen molar-refractivity contribution in [1.29, 1.82) is 0 Å². The van der Waals surface area contributed by atoms with Gasteiger partial charge in [-0.05, 0) is 68.1 Å². The van der Waals surface area contributed by atoms with Crippen molar-refractivity contribution < 1.29 is 19.7 Å². The SMILES string of the molecule is Cc1ccc(OC(=O)c2cccc(C(OO)c3ccc(C)cc3C)c2)c(C)c1. The summed E-state index contributed by atoms with van der Waals surface area (Å²) in [7, 11) is 0. The Morgan fingerprint density at radius 3 is 2.18 bits per heavy atom.